The molecule has 0 aliphatic rings. The summed E-state index contributed by atoms with van der Waals surface area (Å²) in [5.41, 5.74) is 2.63. The lowest BCUT2D eigenvalue weighted by Crippen LogP contribution is -2.20. The van der Waals surface area contributed by atoms with Gasteiger partial charge in [0.1, 0.15) is 5.82 Å². The highest BCUT2D eigenvalue weighted by Crippen LogP contribution is 2.29. The van der Waals surface area contributed by atoms with Crippen LogP contribution in [0.2, 0.25) is 10.0 Å². The van der Waals surface area contributed by atoms with Crippen LogP contribution in [-0.2, 0) is 0 Å². The highest BCUT2D eigenvalue weighted by molar-refractivity contribution is 6.35. The van der Waals surface area contributed by atoms with Gasteiger partial charge in [0, 0.05) is 22.0 Å². The Morgan fingerprint density at radius 1 is 0.857 bits per heavy atom. The van der Waals surface area contributed by atoms with Crippen molar-refractivity contribution in [3.63, 3.8) is 0 Å². The number of halogens is 2. The fourth-order valence-corrected chi connectivity index (χ4v) is 4.29. The Morgan fingerprint density at radius 2 is 1.66 bits per heavy atom. The van der Waals surface area contributed by atoms with Gasteiger partial charge >= 0.3 is 0 Å². The first-order valence-corrected chi connectivity index (χ1v) is 11.4. The van der Waals surface area contributed by atoms with Gasteiger partial charge in [0.15, 0.2) is 17.2 Å². The predicted octanol–water partition coefficient (Wildman–Crippen LogP) is 5.77. The molecule has 10 heteroatoms. The second-order valence-corrected chi connectivity index (χ2v) is 8.57. The first-order valence-electron chi connectivity index (χ1n) is 10.6. The normalized spacial score (nSPS) is 11.3. The van der Waals surface area contributed by atoms with Crippen molar-refractivity contribution in [2.24, 2.45) is 0 Å². The van der Waals surface area contributed by atoms with Gasteiger partial charge in [0.05, 0.1) is 21.7 Å². The van der Waals surface area contributed by atoms with E-state index < -0.39 is 0 Å². The maximum Gasteiger partial charge on any atom is 0.273 e. The smallest absolute Gasteiger partial charge is 0.273 e. The standard InChI is InChI=1S/C25H15Cl2N7O/c26-15-10-11-20(17(27)12-15)34-21(35)13-19-22(33-34)25(32-31-19)30-24-16-8-4-5-9-18(16)28-23(29-24)14-6-2-1-3-7-14/h1-13,31H,(H,28,29,30,32). The minimum atomic E-state index is -0.365. The molecule has 0 radical (unpaired) electrons. The summed E-state index contributed by atoms with van der Waals surface area (Å²) in [4.78, 5) is 22.2. The van der Waals surface area contributed by atoms with E-state index in [1.54, 1.807) is 18.2 Å². The van der Waals surface area contributed by atoms with Crippen LogP contribution in [0.3, 0.4) is 0 Å². The van der Waals surface area contributed by atoms with Crippen LogP contribution >= 0.6 is 23.2 Å². The molecule has 6 rings (SSSR count). The van der Waals surface area contributed by atoms with Crippen molar-refractivity contribution in [1.82, 2.24) is 29.9 Å². The summed E-state index contributed by atoms with van der Waals surface area (Å²) in [7, 11) is 0. The summed E-state index contributed by atoms with van der Waals surface area (Å²) in [6.07, 6.45) is 0. The number of hydrogen-bond donors (Lipinski definition) is 2. The van der Waals surface area contributed by atoms with Gasteiger partial charge < -0.3 is 5.32 Å². The molecule has 3 heterocycles. The van der Waals surface area contributed by atoms with Crippen molar-refractivity contribution in [1.29, 1.82) is 0 Å². The average molecular weight is 500 g/mol. The van der Waals surface area contributed by atoms with Gasteiger partial charge in [-0.2, -0.15) is 14.9 Å². The molecule has 2 N–H and O–H groups in total. The van der Waals surface area contributed by atoms with E-state index in [1.807, 2.05) is 54.6 Å². The van der Waals surface area contributed by atoms with Crippen molar-refractivity contribution >= 4 is 56.8 Å². The number of rotatable bonds is 4. The van der Waals surface area contributed by atoms with E-state index in [9.17, 15) is 4.79 Å². The number of nitrogens with zero attached hydrogens (tertiary/aromatic N) is 5. The number of aromatic nitrogens is 6. The number of H-pyrrole nitrogens is 1. The van der Waals surface area contributed by atoms with E-state index in [2.05, 4.69) is 20.6 Å². The molecule has 0 unspecified atom stereocenters. The summed E-state index contributed by atoms with van der Waals surface area (Å²) < 4.78 is 1.22. The fourth-order valence-electron chi connectivity index (χ4n) is 3.80. The zero-order valence-electron chi connectivity index (χ0n) is 17.9. The van der Waals surface area contributed by atoms with E-state index >= 15 is 0 Å². The Hall–Kier alpha value is -4.27. The molecule has 0 fully saturated rings. The molecule has 6 aromatic rings. The van der Waals surface area contributed by atoms with Gasteiger partial charge in [-0.3, -0.25) is 9.89 Å². The molecule has 0 aliphatic carbocycles. The zero-order valence-corrected chi connectivity index (χ0v) is 19.4. The van der Waals surface area contributed by atoms with Crippen molar-refractivity contribution in [2.75, 3.05) is 5.32 Å². The Balaban J connectivity index is 1.50. The summed E-state index contributed by atoms with van der Waals surface area (Å²) in [6.45, 7) is 0. The number of nitrogens with one attached hydrogen (secondary N) is 2. The Kier molecular flexibility index (Phi) is 5.17. The Morgan fingerprint density at radius 3 is 2.49 bits per heavy atom. The third kappa shape index (κ3) is 3.88. The van der Waals surface area contributed by atoms with Crippen molar-refractivity contribution in [3.8, 4) is 17.1 Å². The van der Waals surface area contributed by atoms with Gasteiger partial charge in [-0.15, -0.1) is 0 Å². The molecule has 35 heavy (non-hydrogen) atoms. The van der Waals surface area contributed by atoms with Gasteiger partial charge in [0.25, 0.3) is 5.56 Å². The maximum atomic E-state index is 12.7. The third-order valence-corrected chi connectivity index (χ3v) is 5.99. The number of fused-ring (bicyclic) bond motifs is 2. The van der Waals surface area contributed by atoms with E-state index in [1.165, 1.54) is 10.7 Å². The number of benzene rings is 3. The lowest BCUT2D eigenvalue weighted by Gasteiger charge is -2.10. The quantitative estimate of drug-likeness (QED) is 0.319. The van der Waals surface area contributed by atoms with E-state index in [4.69, 9.17) is 33.2 Å². The third-order valence-electron chi connectivity index (χ3n) is 5.45. The molecule has 0 amide bonds. The van der Waals surface area contributed by atoms with E-state index in [0.29, 0.717) is 44.2 Å². The van der Waals surface area contributed by atoms with Crippen LogP contribution in [-0.4, -0.2) is 29.9 Å². The predicted molar refractivity (Wildman–Crippen MR) is 138 cm³/mol. The topological polar surface area (TPSA) is 101 Å². The summed E-state index contributed by atoms with van der Waals surface area (Å²) in [5, 5.41) is 16.6. The molecule has 3 aromatic heterocycles. The molecule has 0 atom stereocenters. The van der Waals surface area contributed by atoms with Crippen LogP contribution in [0, 0.1) is 0 Å². The molecule has 0 saturated heterocycles. The zero-order chi connectivity index (χ0) is 23.9. The first kappa shape index (κ1) is 21.3. The monoisotopic (exact) mass is 499 g/mol. The number of hydrogen-bond acceptors (Lipinski definition) is 6. The molecule has 0 saturated carbocycles. The number of anilines is 2. The highest BCUT2D eigenvalue weighted by Gasteiger charge is 2.16. The second kappa shape index (κ2) is 8.50. The minimum Gasteiger partial charge on any atom is -0.321 e. The molecular formula is C25H15Cl2N7O. The largest absolute Gasteiger partial charge is 0.321 e. The van der Waals surface area contributed by atoms with Gasteiger partial charge in [-0.25, -0.2) is 9.97 Å². The molecule has 3 aromatic carbocycles. The van der Waals surface area contributed by atoms with E-state index in [-0.39, 0.29) is 5.56 Å². The number of para-hydroxylation sites is 1. The van der Waals surface area contributed by atoms with Crippen LogP contribution < -0.4 is 10.9 Å². The van der Waals surface area contributed by atoms with Crippen molar-refractivity contribution < 1.29 is 0 Å². The second-order valence-electron chi connectivity index (χ2n) is 7.73. The lowest BCUT2D eigenvalue weighted by molar-refractivity contribution is 0.832. The van der Waals surface area contributed by atoms with Crippen molar-refractivity contribution in [2.45, 2.75) is 0 Å². The molecule has 8 nitrogen and oxygen atoms in total. The first-order chi connectivity index (χ1) is 17.1. The Labute approximate surface area is 208 Å². The number of aromatic amines is 1. The highest BCUT2D eigenvalue weighted by atomic mass is 35.5. The van der Waals surface area contributed by atoms with Crippen LogP contribution in [0.15, 0.2) is 83.7 Å². The molecule has 0 bridgehead atoms. The lowest BCUT2D eigenvalue weighted by atomic mass is 10.2. The minimum absolute atomic E-state index is 0.304. The van der Waals surface area contributed by atoms with Gasteiger partial charge in [-0.05, 0) is 30.3 Å². The SMILES string of the molecule is O=c1cc2[nH]nc(Nc3nc(-c4ccccc4)nc4ccccc34)c2nn1-c1ccc(Cl)cc1Cl. The Bertz CT molecular complexity index is 1780. The van der Waals surface area contributed by atoms with Crippen LogP contribution in [0.4, 0.5) is 11.6 Å². The van der Waals surface area contributed by atoms with Crippen LogP contribution in [0.1, 0.15) is 0 Å². The van der Waals surface area contributed by atoms with Gasteiger partial charge in [0.2, 0.25) is 0 Å². The fraction of sp³-hybridized carbons (Fsp3) is 0. The molecular weight excluding hydrogens is 485 g/mol. The van der Waals surface area contributed by atoms with Crippen LogP contribution in [0.25, 0.3) is 39.0 Å². The summed E-state index contributed by atoms with van der Waals surface area (Å²) in [5.74, 6) is 1.54. The molecule has 0 aliphatic heterocycles. The van der Waals surface area contributed by atoms with Crippen molar-refractivity contribution in [3.05, 3.63) is 99.3 Å². The van der Waals surface area contributed by atoms with Gasteiger partial charge in [-0.1, -0.05) is 65.7 Å². The summed E-state index contributed by atoms with van der Waals surface area (Å²) in [6, 6.07) is 23.7. The molecule has 0 spiro atoms. The van der Waals surface area contributed by atoms with E-state index in [0.717, 1.165) is 16.5 Å². The maximum absolute atomic E-state index is 12.7. The molecule has 170 valence electrons. The average Bonchev–Trinajstić information content (AvgIpc) is 3.25. The summed E-state index contributed by atoms with van der Waals surface area (Å²) >= 11 is 12.3. The van der Waals surface area contributed by atoms with Crippen LogP contribution in [0.5, 0.6) is 0 Å².